The average Bonchev–Trinajstić information content (AvgIpc) is 2.35. The van der Waals surface area contributed by atoms with Crippen LogP contribution in [0.4, 0.5) is 0 Å². The van der Waals surface area contributed by atoms with Crippen molar-refractivity contribution in [1.29, 1.82) is 0 Å². The van der Waals surface area contributed by atoms with Gasteiger partial charge in [0, 0.05) is 20.1 Å². The molecule has 1 aromatic rings. The lowest BCUT2D eigenvalue weighted by atomic mass is 10.1. The highest BCUT2D eigenvalue weighted by molar-refractivity contribution is 7.89. The second-order valence-electron chi connectivity index (χ2n) is 4.53. The third-order valence-corrected chi connectivity index (χ3v) is 4.69. The van der Waals surface area contributed by atoms with E-state index in [0.29, 0.717) is 4.90 Å². The summed E-state index contributed by atoms with van der Waals surface area (Å²) in [7, 11) is -0.251. The second-order valence-corrected chi connectivity index (χ2v) is 6.68. The molecule has 102 valence electrons. The zero-order chi connectivity index (χ0) is 13.8. The maximum Gasteiger partial charge on any atom is 0.242 e. The van der Waals surface area contributed by atoms with Gasteiger partial charge in [-0.3, -0.25) is 0 Å². The minimum atomic E-state index is -3.32. The fourth-order valence-corrected chi connectivity index (χ4v) is 2.52. The Morgan fingerprint density at radius 1 is 1.22 bits per heavy atom. The van der Waals surface area contributed by atoms with Crippen LogP contribution < -0.4 is 5.32 Å². The van der Waals surface area contributed by atoms with E-state index < -0.39 is 10.0 Å². The molecular weight excluding hydrogens is 248 g/mol. The quantitative estimate of drug-likeness (QED) is 0.860. The van der Waals surface area contributed by atoms with Gasteiger partial charge in [-0.1, -0.05) is 19.1 Å². The van der Waals surface area contributed by atoms with Gasteiger partial charge in [-0.05, 0) is 37.6 Å². The number of hydrogen-bond donors (Lipinski definition) is 1. The van der Waals surface area contributed by atoms with Gasteiger partial charge < -0.3 is 5.32 Å². The molecule has 0 fully saturated rings. The number of hydrogen-bond acceptors (Lipinski definition) is 3. The summed E-state index contributed by atoms with van der Waals surface area (Å²) in [5, 5.41) is 3.37. The molecule has 0 aliphatic rings. The average molecular weight is 270 g/mol. The van der Waals surface area contributed by atoms with Crippen LogP contribution in [0.25, 0.3) is 0 Å². The van der Waals surface area contributed by atoms with Crippen molar-refractivity contribution in [1.82, 2.24) is 9.62 Å². The van der Waals surface area contributed by atoms with E-state index in [1.807, 2.05) is 12.1 Å². The van der Waals surface area contributed by atoms with Crippen LogP contribution in [0.5, 0.6) is 0 Å². The van der Waals surface area contributed by atoms with Crippen molar-refractivity contribution in [2.24, 2.45) is 0 Å². The van der Waals surface area contributed by atoms with E-state index in [-0.39, 0.29) is 6.04 Å². The Kier molecular flexibility index (Phi) is 5.31. The first-order chi connectivity index (χ1) is 8.39. The molecule has 0 aliphatic heterocycles. The Morgan fingerprint density at radius 2 is 1.78 bits per heavy atom. The van der Waals surface area contributed by atoms with E-state index in [4.69, 9.17) is 0 Å². The van der Waals surface area contributed by atoms with E-state index in [1.165, 1.54) is 18.4 Å². The van der Waals surface area contributed by atoms with Gasteiger partial charge in [0.05, 0.1) is 4.90 Å². The summed E-state index contributed by atoms with van der Waals surface area (Å²) in [4.78, 5) is 0.332. The molecule has 18 heavy (non-hydrogen) atoms. The van der Waals surface area contributed by atoms with Gasteiger partial charge in [-0.15, -0.1) is 0 Å². The summed E-state index contributed by atoms with van der Waals surface area (Å²) in [6.45, 7) is 5.15. The van der Waals surface area contributed by atoms with Crippen molar-refractivity contribution < 1.29 is 8.42 Å². The van der Waals surface area contributed by atoms with E-state index in [1.54, 1.807) is 12.1 Å². The first-order valence-electron chi connectivity index (χ1n) is 6.15. The van der Waals surface area contributed by atoms with Crippen molar-refractivity contribution >= 4 is 10.0 Å². The van der Waals surface area contributed by atoms with Gasteiger partial charge in [-0.2, -0.15) is 0 Å². The van der Waals surface area contributed by atoms with Crippen LogP contribution in [-0.4, -0.2) is 33.4 Å². The monoisotopic (exact) mass is 270 g/mol. The normalized spacial score (nSPS) is 13.8. The summed E-state index contributed by atoms with van der Waals surface area (Å²) >= 11 is 0. The van der Waals surface area contributed by atoms with E-state index >= 15 is 0 Å². The third-order valence-electron chi connectivity index (χ3n) is 2.86. The molecule has 0 aliphatic carbocycles. The first-order valence-corrected chi connectivity index (χ1v) is 7.59. The summed E-state index contributed by atoms with van der Waals surface area (Å²) in [6, 6.07) is 7.29. The molecule has 0 radical (unpaired) electrons. The molecular formula is C13H22N2O2S. The molecule has 1 atom stereocenters. The molecule has 0 spiro atoms. The largest absolute Gasteiger partial charge is 0.310 e. The lowest BCUT2D eigenvalue weighted by Crippen LogP contribution is -2.22. The predicted molar refractivity (Wildman–Crippen MR) is 74.0 cm³/mol. The number of rotatable bonds is 6. The van der Waals surface area contributed by atoms with Crippen LogP contribution in [-0.2, 0) is 10.0 Å². The molecule has 0 bridgehead atoms. The highest BCUT2D eigenvalue weighted by Crippen LogP contribution is 2.17. The van der Waals surface area contributed by atoms with Gasteiger partial charge in [0.1, 0.15) is 0 Å². The van der Waals surface area contributed by atoms with Gasteiger partial charge in [0.2, 0.25) is 10.0 Å². The maximum absolute atomic E-state index is 11.9. The van der Waals surface area contributed by atoms with Crippen LogP contribution in [0.1, 0.15) is 31.9 Å². The molecule has 5 heteroatoms. The van der Waals surface area contributed by atoms with Crippen LogP contribution in [0.2, 0.25) is 0 Å². The Labute approximate surface area is 110 Å². The van der Waals surface area contributed by atoms with Crippen molar-refractivity contribution in [2.45, 2.75) is 31.2 Å². The van der Waals surface area contributed by atoms with Crippen molar-refractivity contribution in [2.75, 3.05) is 20.6 Å². The minimum Gasteiger partial charge on any atom is -0.310 e. The summed E-state index contributed by atoms with van der Waals surface area (Å²) < 4.78 is 25.0. The molecule has 0 saturated heterocycles. The van der Waals surface area contributed by atoms with E-state index in [2.05, 4.69) is 19.2 Å². The smallest absolute Gasteiger partial charge is 0.242 e. The predicted octanol–water partition coefficient (Wildman–Crippen LogP) is 2.00. The Hall–Kier alpha value is -0.910. The first kappa shape index (κ1) is 15.1. The fourth-order valence-electron chi connectivity index (χ4n) is 1.62. The van der Waals surface area contributed by atoms with Crippen LogP contribution >= 0.6 is 0 Å². The molecule has 0 aromatic heterocycles. The Balaban J connectivity index is 2.87. The molecule has 1 aromatic carbocycles. The van der Waals surface area contributed by atoms with E-state index in [0.717, 1.165) is 18.5 Å². The number of benzene rings is 1. The van der Waals surface area contributed by atoms with Crippen molar-refractivity contribution in [3.63, 3.8) is 0 Å². The minimum absolute atomic E-state index is 0.237. The second kappa shape index (κ2) is 6.31. The summed E-state index contributed by atoms with van der Waals surface area (Å²) in [5.41, 5.74) is 1.10. The lowest BCUT2D eigenvalue weighted by molar-refractivity contribution is 0.520. The van der Waals surface area contributed by atoms with Gasteiger partial charge >= 0.3 is 0 Å². The van der Waals surface area contributed by atoms with Crippen LogP contribution in [0.15, 0.2) is 29.2 Å². The number of nitrogens with one attached hydrogen (secondary N) is 1. The maximum atomic E-state index is 11.9. The molecule has 4 nitrogen and oxygen atoms in total. The number of sulfonamides is 1. The highest BCUT2D eigenvalue weighted by atomic mass is 32.2. The molecule has 1 unspecified atom stereocenters. The topological polar surface area (TPSA) is 49.4 Å². The lowest BCUT2D eigenvalue weighted by Gasteiger charge is -2.15. The standard InChI is InChI=1S/C13H22N2O2S/c1-5-10-14-11(2)12-6-8-13(9-7-12)18(16,17)15(3)4/h6-9,11,14H,5,10H2,1-4H3. The zero-order valence-corrected chi connectivity index (χ0v) is 12.3. The molecule has 0 heterocycles. The van der Waals surface area contributed by atoms with Crippen LogP contribution in [0.3, 0.4) is 0 Å². The molecule has 1 rings (SSSR count). The molecule has 0 saturated carbocycles. The fraction of sp³-hybridized carbons (Fsp3) is 0.538. The Morgan fingerprint density at radius 3 is 2.22 bits per heavy atom. The highest BCUT2D eigenvalue weighted by Gasteiger charge is 2.17. The van der Waals surface area contributed by atoms with Gasteiger partial charge in [-0.25, -0.2) is 12.7 Å². The summed E-state index contributed by atoms with van der Waals surface area (Å²) in [6.07, 6.45) is 1.08. The SMILES string of the molecule is CCCNC(C)c1ccc(S(=O)(=O)N(C)C)cc1. The molecule has 0 amide bonds. The van der Waals surface area contributed by atoms with Crippen molar-refractivity contribution in [3.05, 3.63) is 29.8 Å². The van der Waals surface area contributed by atoms with Crippen molar-refractivity contribution in [3.8, 4) is 0 Å². The van der Waals surface area contributed by atoms with Crippen LogP contribution in [0, 0.1) is 0 Å². The van der Waals surface area contributed by atoms with Gasteiger partial charge in [0.25, 0.3) is 0 Å². The zero-order valence-electron chi connectivity index (χ0n) is 11.5. The molecule has 1 N–H and O–H groups in total. The third kappa shape index (κ3) is 3.54. The van der Waals surface area contributed by atoms with Gasteiger partial charge in [0.15, 0.2) is 0 Å². The number of nitrogens with zero attached hydrogens (tertiary/aromatic N) is 1. The Bertz CT molecular complexity index is 466. The summed E-state index contributed by atoms with van der Waals surface area (Å²) in [5.74, 6) is 0. The van der Waals surface area contributed by atoms with E-state index in [9.17, 15) is 8.42 Å².